The summed E-state index contributed by atoms with van der Waals surface area (Å²) in [4.78, 5) is 0. The lowest BCUT2D eigenvalue weighted by molar-refractivity contribution is 0.297. The second kappa shape index (κ2) is 8.47. The van der Waals surface area contributed by atoms with Crippen LogP contribution in [0.4, 0.5) is 5.69 Å². The molecule has 0 aliphatic carbocycles. The molecule has 0 aliphatic heterocycles. The summed E-state index contributed by atoms with van der Waals surface area (Å²) in [5.41, 5.74) is 3.94. The van der Waals surface area contributed by atoms with Crippen molar-refractivity contribution >= 4 is 5.69 Å². The molecule has 0 unspecified atom stereocenters. The number of benzene rings is 3. The first-order valence-electron chi connectivity index (χ1n) is 8.64. The molecule has 0 heterocycles. The molecule has 0 bridgehead atoms. The van der Waals surface area contributed by atoms with Crippen LogP contribution in [0, 0.1) is 0 Å². The minimum atomic E-state index is 0.354. The van der Waals surface area contributed by atoms with E-state index in [1.807, 2.05) is 60.7 Å². The van der Waals surface area contributed by atoms with Gasteiger partial charge in [0.25, 0.3) is 0 Å². The first-order valence-corrected chi connectivity index (χ1v) is 8.64. The Morgan fingerprint density at radius 3 is 2.22 bits per heavy atom. The van der Waals surface area contributed by atoms with Crippen LogP contribution in [0.5, 0.6) is 17.2 Å². The maximum absolute atomic E-state index is 6.05. The third kappa shape index (κ3) is 4.33. The standard InChI is InChI=1S/C22H24N2O3/c1-24(23)21-8-5-9-22(26-3)20(21)15-27-19-7-4-6-17(14-19)16-10-12-18(25-2)13-11-16/h4-14H,15,23H2,1-3H3. The highest BCUT2D eigenvalue weighted by atomic mass is 16.5. The van der Waals surface area contributed by atoms with Gasteiger partial charge in [-0.2, -0.15) is 0 Å². The van der Waals surface area contributed by atoms with E-state index in [2.05, 4.69) is 6.07 Å². The molecule has 3 aromatic carbocycles. The molecule has 0 fully saturated rings. The number of hydrogen-bond acceptors (Lipinski definition) is 5. The average molecular weight is 364 g/mol. The van der Waals surface area contributed by atoms with Crippen molar-refractivity contribution in [2.45, 2.75) is 6.61 Å². The van der Waals surface area contributed by atoms with E-state index < -0.39 is 0 Å². The Morgan fingerprint density at radius 1 is 0.815 bits per heavy atom. The van der Waals surface area contributed by atoms with Crippen molar-refractivity contribution in [2.75, 3.05) is 26.3 Å². The molecule has 140 valence electrons. The number of nitrogens with zero attached hydrogens (tertiary/aromatic N) is 1. The van der Waals surface area contributed by atoms with Gasteiger partial charge in [0.2, 0.25) is 0 Å². The third-order valence-corrected chi connectivity index (χ3v) is 4.35. The summed E-state index contributed by atoms with van der Waals surface area (Å²) < 4.78 is 16.7. The highest BCUT2D eigenvalue weighted by Gasteiger charge is 2.12. The zero-order valence-corrected chi connectivity index (χ0v) is 15.8. The predicted octanol–water partition coefficient (Wildman–Crippen LogP) is 4.26. The summed E-state index contributed by atoms with van der Waals surface area (Å²) in [5.74, 6) is 8.30. The van der Waals surface area contributed by atoms with Crippen LogP contribution < -0.4 is 25.1 Å². The van der Waals surface area contributed by atoms with Gasteiger partial charge in [0.1, 0.15) is 23.9 Å². The first kappa shape index (κ1) is 18.6. The van der Waals surface area contributed by atoms with Gasteiger partial charge in [0.05, 0.1) is 25.5 Å². The Hall–Kier alpha value is -3.18. The van der Waals surface area contributed by atoms with Crippen LogP contribution in [0.25, 0.3) is 11.1 Å². The van der Waals surface area contributed by atoms with Crippen LogP contribution in [0.3, 0.4) is 0 Å². The van der Waals surface area contributed by atoms with Crippen LogP contribution in [-0.2, 0) is 6.61 Å². The first-order chi connectivity index (χ1) is 13.1. The summed E-state index contributed by atoms with van der Waals surface area (Å²) in [7, 11) is 5.10. The Bertz CT molecular complexity index is 892. The number of rotatable bonds is 7. The normalized spacial score (nSPS) is 10.4. The Labute approximate surface area is 159 Å². The van der Waals surface area contributed by atoms with Crippen molar-refractivity contribution in [1.29, 1.82) is 0 Å². The lowest BCUT2D eigenvalue weighted by atomic mass is 10.1. The summed E-state index contributed by atoms with van der Waals surface area (Å²) in [6, 6.07) is 21.7. The number of anilines is 1. The molecule has 27 heavy (non-hydrogen) atoms. The zero-order valence-electron chi connectivity index (χ0n) is 15.8. The van der Waals surface area contributed by atoms with E-state index in [4.69, 9.17) is 20.1 Å². The van der Waals surface area contributed by atoms with Crippen molar-refractivity contribution in [1.82, 2.24) is 0 Å². The molecular formula is C22H24N2O3. The predicted molar refractivity (Wildman–Crippen MR) is 108 cm³/mol. The van der Waals surface area contributed by atoms with Crippen LogP contribution >= 0.6 is 0 Å². The van der Waals surface area contributed by atoms with Crippen molar-refractivity contribution in [2.24, 2.45) is 5.84 Å². The van der Waals surface area contributed by atoms with Crippen molar-refractivity contribution in [3.05, 3.63) is 72.3 Å². The molecule has 0 saturated heterocycles. The number of nitrogens with two attached hydrogens (primary N) is 1. The van der Waals surface area contributed by atoms with E-state index in [1.165, 1.54) is 0 Å². The second-order valence-corrected chi connectivity index (χ2v) is 6.11. The Morgan fingerprint density at radius 2 is 1.56 bits per heavy atom. The average Bonchev–Trinajstić information content (AvgIpc) is 2.72. The van der Waals surface area contributed by atoms with E-state index in [0.717, 1.165) is 39.6 Å². The van der Waals surface area contributed by atoms with Gasteiger partial charge in [0.15, 0.2) is 0 Å². The largest absolute Gasteiger partial charge is 0.497 e. The lowest BCUT2D eigenvalue weighted by Gasteiger charge is -2.19. The zero-order chi connectivity index (χ0) is 19.2. The molecule has 0 spiro atoms. The molecule has 0 saturated carbocycles. The fourth-order valence-electron chi connectivity index (χ4n) is 2.93. The number of methoxy groups -OCH3 is 2. The van der Waals surface area contributed by atoms with Gasteiger partial charge in [0, 0.05) is 7.05 Å². The molecule has 0 aliphatic rings. The maximum atomic E-state index is 6.05. The summed E-state index contributed by atoms with van der Waals surface area (Å²) in [6.45, 7) is 0.354. The summed E-state index contributed by atoms with van der Waals surface area (Å²) in [6.07, 6.45) is 0. The smallest absolute Gasteiger partial charge is 0.127 e. The fourth-order valence-corrected chi connectivity index (χ4v) is 2.93. The van der Waals surface area contributed by atoms with Gasteiger partial charge >= 0.3 is 0 Å². The lowest BCUT2D eigenvalue weighted by Crippen LogP contribution is -2.26. The molecule has 3 rings (SSSR count). The van der Waals surface area contributed by atoms with E-state index in [-0.39, 0.29) is 0 Å². The van der Waals surface area contributed by atoms with E-state index in [0.29, 0.717) is 6.61 Å². The topological polar surface area (TPSA) is 57.0 Å². The highest BCUT2D eigenvalue weighted by Crippen LogP contribution is 2.30. The molecular weight excluding hydrogens is 340 g/mol. The molecule has 2 N–H and O–H groups in total. The van der Waals surface area contributed by atoms with Crippen LogP contribution in [-0.4, -0.2) is 21.3 Å². The van der Waals surface area contributed by atoms with E-state index in [9.17, 15) is 0 Å². The van der Waals surface area contributed by atoms with Gasteiger partial charge in [-0.1, -0.05) is 30.3 Å². The molecule has 0 radical (unpaired) electrons. The van der Waals surface area contributed by atoms with Crippen LogP contribution in [0.1, 0.15) is 5.56 Å². The molecule has 3 aromatic rings. The van der Waals surface area contributed by atoms with Gasteiger partial charge < -0.3 is 19.2 Å². The van der Waals surface area contributed by atoms with Gasteiger partial charge in [-0.3, -0.25) is 0 Å². The van der Waals surface area contributed by atoms with E-state index >= 15 is 0 Å². The molecule has 5 nitrogen and oxygen atoms in total. The van der Waals surface area contributed by atoms with Gasteiger partial charge in [-0.05, 0) is 47.5 Å². The third-order valence-electron chi connectivity index (χ3n) is 4.35. The van der Waals surface area contributed by atoms with Gasteiger partial charge in [-0.15, -0.1) is 0 Å². The quantitative estimate of drug-likeness (QED) is 0.501. The van der Waals surface area contributed by atoms with Crippen molar-refractivity contribution in [3.63, 3.8) is 0 Å². The minimum absolute atomic E-state index is 0.354. The molecule has 0 atom stereocenters. The Kier molecular flexibility index (Phi) is 5.84. The molecule has 5 heteroatoms. The number of hydrogen-bond donors (Lipinski definition) is 1. The molecule has 0 amide bonds. The van der Waals surface area contributed by atoms with Crippen molar-refractivity contribution < 1.29 is 14.2 Å². The minimum Gasteiger partial charge on any atom is -0.497 e. The Balaban J connectivity index is 1.81. The van der Waals surface area contributed by atoms with Gasteiger partial charge in [-0.25, -0.2) is 5.84 Å². The second-order valence-electron chi connectivity index (χ2n) is 6.11. The number of ether oxygens (including phenoxy) is 3. The van der Waals surface area contributed by atoms with Crippen LogP contribution in [0.15, 0.2) is 66.7 Å². The SMILES string of the molecule is COc1ccc(-c2cccc(OCc3c(OC)cccc3N(C)N)c2)cc1. The highest BCUT2D eigenvalue weighted by molar-refractivity contribution is 5.66. The fraction of sp³-hybridized carbons (Fsp3) is 0.182. The van der Waals surface area contributed by atoms with Crippen LogP contribution in [0.2, 0.25) is 0 Å². The summed E-state index contributed by atoms with van der Waals surface area (Å²) >= 11 is 0. The summed E-state index contributed by atoms with van der Waals surface area (Å²) in [5, 5.41) is 1.56. The van der Waals surface area contributed by atoms with Crippen molar-refractivity contribution in [3.8, 4) is 28.4 Å². The molecule has 0 aromatic heterocycles. The maximum Gasteiger partial charge on any atom is 0.127 e. The number of hydrazine groups is 1. The monoisotopic (exact) mass is 364 g/mol. The van der Waals surface area contributed by atoms with E-state index in [1.54, 1.807) is 26.3 Å².